The van der Waals surface area contributed by atoms with Crippen molar-refractivity contribution in [3.63, 3.8) is 0 Å². The van der Waals surface area contributed by atoms with E-state index in [0.717, 1.165) is 19.6 Å². The van der Waals surface area contributed by atoms with Crippen LogP contribution >= 0.6 is 11.8 Å². The maximum Gasteiger partial charge on any atom is 0.230 e. The van der Waals surface area contributed by atoms with Crippen molar-refractivity contribution < 1.29 is 19.0 Å². The number of nitrogens with two attached hydrogens (primary N) is 1. The monoisotopic (exact) mass is 464 g/mol. The van der Waals surface area contributed by atoms with Crippen molar-refractivity contribution in [2.24, 2.45) is 5.92 Å². The first kappa shape index (κ1) is 24.1. The molecule has 3 rings (SSSR count). The van der Waals surface area contributed by atoms with Gasteiger partial charge in [-0.1, -0.05) is 31.7 Å². The Morgan fingerprint density at radius 1 is 1.38 bits per heavy atom. The summed E-state index contributed by atoms with van der Waals surface area (Å²) in [5.41, 5.74) is 0. The summed E-state index contributed by atoms with van der Waals surface area (Å²) in [6.45, 7) is 8.55. The first-order valence-corrected chi connectivity index (χ1v) is 11.6. The molecule has 2 heterocycles. The van der Waals surface area contributed by atoms with Crippen LogP contribution in [0.4, 0.5) is 0 Å². The van der Waals surface area contributed by atoms with Gasteiger partial charge in [-0.15, -0.1) is 10.2 Å². The third-order valence-corrected chi connectivity index (χ3v) is 5.79. The first-order chi connectivity index (χ1) is 15.4. The van der Waals surface area contributed by atoms with E-state index >= 15 is 0 Å². The van der Waals surface area contributed by atoms with E-state index in [1.165, 1.54) is 16.4 Å². The smallest absolute Gasteiger partial charge is 0.230 e. The number of hydrogen-bond donors (Lipinski definition) is 2. The van der Waals surface area contributed by atoms with Gasteiger partial charge in [-0.25, -0.2) is 4.68 Å². The minimum atomic E-state index is -0.100. The van der Waals surface area contributed by atoms with E-state index in [1.54, 1.807) is 13.2 Å². The Morgan fingerprint density at radius 3 is 2.97 bits per heavy atom. The summed E-state index contributed by atoms with van der Waals surface area (Å²) < 4.78 is 18.0. The van der Waals surface area contributed by atoms with Crippen LogP contribution in [0.15, 0.2) is 29.4 Å². The minimum Gasteiger partial charge on any atom is -0.497 e. The van der Waals surface area contributed by atoms with Crippen molar-refractivity contribution in [2.75, 3.05) is 51.5 Å². The van der Waals surface area contributed by atoms with E-state index in [9.17, 15) is 4.79 Å². The molecule has 1 unspecified atom stereocenters. The largest absolute Gasteiger partial charge is 0.497 e. The number of amides is 1. The molecule has 1 atom stereocenters. The van der Waals surface area contributed by atoms with E-state index in [-0.39, 0.29) is 24.4 Å². The van der Waals surface area contributed by atoms with E-state index < -0.39 is 0 Å². The van der Waals surface area contributed by atoms with Crippen LogP contribution in [0.1, 0.15) is 19.7 Å². The molecule has 176 valence electrons. The maximum absolute atomic E-state index is 12.3. The van der Waals surface area contributed by atoms with Gasteiger partial charge in [-0.3, -0.25) is 9.69 Å². The average molecular weight is 465 g/mol. The van der Waals surface area contributed by atoms with E-state index in [4.69, 9.17) is 20.1 Å². The molecular formula is C21H32N6O4S. The number of nitrogens with one attached hydrogen (secondary N) is 1. The number of carbonyl (C=O) groups is 1. The molecule has 0 radical (unpaired) electrons. The molecule has 1 aliphatic rings. The number of methoxy groups -OCH3 is 1. The zero-order chi connectivity index (χ0) is 22.9. The third-order valence-electron chi connectivity index (χ3n) is 4.85. The predicted octanol–water partition coefficient (Wildman–Crippen LogP) is 1.14. The quantitative estimate of drug-likeness (QED) is 0.373. The van der Waals surface area contributed by atoms with Gasteiger partial charge in [0.15, 0.2) is 5.82 Å². The Morgan fingerprint density at radius 2 is 2.19 bits per heavy atom. The first-order valence-electron chi connectivity index (χ1n) is 10.6. The SMILES string of the molecule is COc1cccc(OCc2nnc(SCC(=O)NCC3CN(CC(C)C)CCO3)n2N)c1. The minimum absolute atomic E-state index is 0.00923. The van der Waals surface area contributed by atoms with Crippen molar-refractivity contribution in [3.05, 3.63) is 30.1 Å². The van der Waals surface area contributed by atoms with E-state index in [2.05, 4.69) is 34.3 Å². The second kappa shape index (κ2) is 11.9. The van der Waals surface area contributed by atoms with Gasteiger partial charge in [-0.2, -0.15) is 0 Å². The van der Waals surface area contributed by atoms with Gasteiger partial charge < -0.3 is 25.4 Å². The van der Waals surface area contributed by atoms with Crippen LogP contribution in [0, 0.1) is 5.92 Å². The third kappa shape index (κ3) is 7.28. The number of carbonyl (C=O) groups excluding carboxylic acids is 1. The van der Waals surface area contributed by atoms with Gasteiger partial charge in [0.1, 0.15) is 18.1 Å². The van der Waals surface area contributed by atoms with Crippen molar-refractivity contribution in [3.8, 4) is 11.5 Å². The van der Waals surface area contributed by atoms with E-state index in [1.807, 2.05) is 18.2 Å². The Labute approximate surface area is 192 Å². The lowest BCUT2D eigenvalue weighted by Crippen LogP contribution is -2.48. The van der Waals surface area contributed by atoms with Gasteiger partial charge >= 0.3 is 0 Å². The highest BCUT2D eigenvalue weighted by atomic mass is 32.2. The summed E-state index contributed by atoms with van der Waals surface area (Å²) in [4.78, 5) is 14.7. The topological polar surface area (TPSA) is 117 Å². The highest BCUT2D eigenvalue weighted by Crippen LogP contribution is 2.20. The number of ether oxygens (including phenoxy) is 3. The fourth-order valence-electron chi connectivity index (χ4n) is 3.34. The molecule has 1 aromatic carbocycles. The standard InChI is InChI=1S/C21H32N6O4S/c1-15(2)11-26-7-8-30-18(12-26)10-23-20(28)14-32-21-25-24-19(27(21)22)13-31-17-6-4-5-16(9-17)29-3/h4-6,9,15,18H,7-8,10-14,22H2,1-3H3,(H,23,28). The molecule has 2 aromatic rings. The number of rotatable bonds is 11. The van der Waals surface area contributed by atoms with Gasteiger partial charge in [0, 0.05) is 32.2 Å². The zero-order valence-corrected chi connectivity index (χ0v) is 19.6. The molecule has 0 saturated carbocycles. The van der Waals surface area contributed by atoms with Gasteiger partial charge in [-0.05, 0) is 18.1 Å². The maximum atomic E-state index is 12.3. The summed E-state index contributed by atoms with van der Waals surface area (Å²) in [6.07, 6.45) is 0.00923. The van der Waals surface area contributed by atoms with Crippen molar-refractivity contribution >= 4 is 17.7 Å². The van der Waals surface area contributed by atoms with E-state index in [0.29, 0.717) is 41.5 Å². The van der Waals surface area contributed by atoms with Crippen LogP contribution in [0.5, 0.6) is 11.5 Å². The van der Waals surface area contributed by atoms with Crippen LogP contribution in [0.25, 0.3) is 0 Å². The summed E-state index contributed by atoms with van der Waals surface area (Å²) in [6, 6.07) is 7.26. The van der Waals surface area contributed by atoms with Crippen LogP contribution in [-0.2, 0) is 16.1 Å². The molecule has 3 N–H and O–H groups in total. The van der Waals surface area contributed by atoms with Crippen molar-refractivity contribution in [1.82, 2.24) is 25.1 Å². The average Bonchev–Trinajstić information content (AvgIpc) is 3.14. The molecule has 1 aliphatic heterocycles. The van der Waals surface area contributed by atoms with Gasteiger partial charge in [0.25, 0.3) is 0 Å². The number of thioether (sulfide) groups is 1. The molecule has 32 heavy (non-hydrogen) atoms. The van der Waals surface area contributed by atoms with Crippen LogP contribution in [0.3, 0.4) is 0 Å². The molecule has 1 aromatic heterocycles. The van der Waals surface area contributed by atoms with Crippen LogP contribution in [0.2, 0.25) is 0 Å². The highest BCUT2D eigenvalue weighted by Gasteiger charge is 2.21. The number of nitrogen functional groups attached to an aromatic ring is 1. The Hall–Kier alpha value is -2.50. The highest BCUT2D eigenvalue weighted by molar-refractivity contribution is 7.99. The number of aromatic nitrogens is 3. The summed E-state index contributed by atoms with van der Waals surface area (Å²) in [5, 5.41) is 11.5. The number of morpholine rings is 1. The molecule has 1 saturated heterocycles. The second-order valence-electron chi connectivity index (χ2n) is 7.98. The number of hydrogen-bond acceptors (Lipinski definition) is 9. The lowest BCUT2D eigenvalue weighted by Gasteiger charge is -2.33. The van der Waals surface area contributed by atoms with Crippen LogP contribution in [-0.4, -0.2) is 77.4 Å². The summed E-state index contributed by atoms with van der Waals surface area (Å²) >= 11 is 1.22. The fourth-order valence-corrected chi connectivity index (χ4v) is 4.04. The molecule has 0 aliphatic carbocycles. The molecule has 0 spiro atoms. The summed E-state index contributed by atoms with van der Waals surface area (Å²) in [5.74, 6) is 8.55. The lowest BCUT2D eigenvalue weighted by atomic mass is 10.2. The molecule has 1 fully saturated rings. The normalized spacial score (nSPS) is 16.8. The molecular weight excluding hydrogens is 432 g/mol. The Kier molecular flexibility index (Phi) is 9.00. The number of benzene rings is 1. The molecule has 0 bridgehead atoms. The van der Waals surface area contributed by atoms with Crippen LogP contribution < -0.4 is 20.6 Å². The lowest BCUT2D eigenvalue weighted by molar-refractivity contribution is -0.119. The Bertz CT molecular complexity index is 878. The summed E-state index contributed by atoms with van der Waals surface area (Å²) in [7, 11) is 1.60. The molecule has 11 heteroatoms. The predicted molar refractivity (Wildman–Crippen MR) is 122 cm³/mol. The van der Waals surface area contributed by atoms with Crippen molar-refractivity contribution in [1.29, 1.82) is 0 Å². The zero-order valence-electron chi connectivity index (χ0n) is 18.8. The molecule has 10 nitrogen and oxygen atoms in total. The number of nitrogens with zero attached hydrogens (tertiary/aromatic N) is 4. The fraction of sp³-hybridized carbons (Fsp3) is 0.571. The van der Waals surface area contributed by atoms with Crippen molar-refractivity contribution in [2.45, 2.75) is 31.7 Å². The van der Waals surface area contributed by atoms with Gasteiger partial charge in [0.2, 0.25) is 11.1 Å². The molecule has 1 amide bonds. The van der Waals surface area contributed by atoms with Gasteiger partial charge in [0.05, 0.1) is 25.6 Å². The second-order valence-corrected chi connectivity index (χ2v) is 8.92. The Balaban J connectivity index is 1.40.